The minimum Gasteiger partial charge on any atom is -0.293 e. The van der Waals surface area contributed by atoms with Crippen molar-refractivity contribution in [1.82, 2.24) is 0 Å². The molecule has 0 N–H and O–H groups in total. The van der Waals surface area contributed by atoms with Crippen molar-refractivity contribution in [3.05, 3.63) is 0 Å². The highest BCUT2D eigenvalue weighted by Crippen LogP contribution is 2.33. The van der Waals surface area contributed by atoms with E-state index in [4.69, 9.17) is 0 Å². The molecule has 1 aliphatic heterocycles. The van der Waals surface area contributed by atoms with E-state index in [1.807, 2.05) is 0 Å². The first-order chi connectivity index (χ1) is 5.42. The molecule has 1 unspecified atom stereocenters. The zero-order valence-corrected chi connectivity index (χ0v) is 7.34. The Balaban J connectivity index is 1.94. The highest BCUT2D eigenvalue weighted by molar-refractivity contribution is 5.93. The van der Waals surface area contributed by atoms with Gasteiger partial charge in [0.05, 0.1) is 0 Å². The fourth-order valence-corrected chi connectivity index (χ4v) is 2.35. The molecule has 0 saturated heterocycles. The molecule has 1 nitrogen and oxygen atoms in total. The van der Waals surface area contributed by atoms with Crippen LogP contribution < -0.4 is 0 Å². The molecule has 0 bridgehead atoms. The number of hydrogen-bond acceptors (Lipinski definition) is 1. The summed E-state index contributed by atoms with van der Waals surface area (Å²) in [5.74, 6) is 1.77. The van der Waals surface area contributed by atoms with Crippen molar-refractivity contribution in [2.75, 3.05) is 6.54 Å². The van der Waals surface area contributed by atoms with Gasteiger partial charge < -0.3 is 0 Å². The maximum Gasteiger partial charge on any atom is 0.0469 e. The quantitative estimate of drug-likeness (QED) is 0.575. The predicted octanol–water partition coefficient (Wildman–Crippen LogP) is 2.66. The van der Waals surface area contributed by atoms with E-state index < -0.39 is 0 Å². The van der Waals surface area contributed by atoms with Gasteiger partial charge in [0.25, 0.3) is 0 Å². The monoisotopic (exact) mass is 151 g/mol. The second-order valence-corrected chi connectivity index (χ2v) is 3.85. The summed E-state index contributed by atoms with van der Waals surface area (Å²) in [4.78, 5) is 4.52. The van der Waals surface area contributed by atoms with Crippen molar-refractivity contribution < 1.29 is 0 Å². The third-order valence-corrected chi connectivity index (χ3v) is 3.18. The lowest BCUT2D eigenvalue weighted by molar-refractivity contribution is 0.552. The molecule has 2 aliphatic rings. The first-order valence-electron chi connectivity index (χ1n) is 4.96. The molecule has 1 fully saturated rings. The topological polar surface area (TPSA) is 12.4 Å². The summed E-state index contributed by atoms with van der Waals surface area (Å²) in [6.07, 6.45) is 7.06. The van der Waals surface area contributed by atoms with Crippen molar-refractivity contribution in [1.29, 1.82) is 0 Å². The normalized spacial score (nSPS) is 31.7. The van der Waals surface area contributed by atoms with Crippen LogP contribution in [0.5, 0.6) is 0 Å². The molecular weight excluding hydrogens is 134 g/mol. The van der Waals surface area contributed by atoms with E-state index in [0.717, 1.165) is 18.4 Å². The SMILES string of the molecule is CCC1CN=C1C1CCCC1. The third-order valence-electron chi connectivity index (χ3n) is 3.18. The maximum absolute atomic E-state index is 4.52. The third kappa shape index (κ3) is 1.21. The number of nitrogens with zero attached hydrogens (tertiary/aromatic N) is 1. The minimum absolute atomic E-state index is 0.873. The van der Waals surface area contributed by atoms with Gasteiger partial charge in [-0.05, 0) is 25.2 Å². The number of aliphatic imine (C=N–C) groups is 1. The molecule has 62 valence electrons. The Morgan fingerprint density at radius 1 is 1.36 bits per heavy atom. The fraction of sp³-hybridized carbons (Fsp3) is 0.900. The average molecular weight is 151 g/mol. The summed E-state index contributed by atoms with van der Waals surface area (Å²) in [7, 11) is 0. The predicted molar refractivity (Wildman–Crippen MR) is 48.0 cm³/mol. The van der Waals surface area contributed by atoms with Gasteiger partial charge in [0.15, 0.2) is 0 Å². The van der Waals surface area contributed by atoms with Gasteiger partial charge in [-0.2, -0.15) is 0 Å². The molecule has 1 saturated carbocycles. The van der Waals surface area contributed by atoms with E-state index in [1.165, 1.54) is 32.1 Å². The Hall–Kier alpha value is -0.330. The van der Waals surface area contributed by atoms with E-state index >= 15 is 0 Å². The highest BCUT2D eigenvalue weighted by atomic mass is 14.8. The number of rotatable bonds is 2. The standard InChI is InChI=1S/C10H17N/c1-2-8-7-11-10(8)9-5-3-4-6-9/h8-9H,2-7H2,1H3. The summed E-state index contributed by atoms with van der Waals surface area (Å²) >= 11 is 0. The second kappa shape index (κ2) is 2.96. The molecule has 1 atom stereocenters. The van der Waals surface area contributed by atoms with Gasteiger partial charge in [0.2, 0.25) is 0 Å². The lowest BCUT2D eigenvalue weighted by Gasteiger charge is -2.29. The molecule has 0 aromatic carbocycles. The average Bonchev–Trinajstić information content (AvgIpc) is 2.39. The molecule has 2 rings (SSSR count). The smallest absolute Gasteiger partial charge is 0.0469 e. The van der Waals surface area contributed by atoms with Crippen molar-refractivity contribution in [3.63, 3.8) is 0 Å². The van der Waals surface area contributed by atoms with Gasteiger partial charge in [-0.15, -0.1) is 0 Å². The van der Waals surface area contributed by atoms with E-state index in [9.17, 15) is 0 Å². The second-order valence-electron chi connectivity index (χ2n) is 3.85. The van der Waals surface area contributed by atoms with E-state index in [0.29, 0.717) is 0 Å². The molecule has 0 radical (unpaired) electrons. The Labute approximate surface area is 68.9 Å². The van der Waals surface area contributed by atoms with Crippen LogP contribution in [0.4, 0.5) is 0 Å². The van der Waals surface area contributed by atoms with Crippen molar-refractivity contribution in [3.8, 4) is 0 Å². The van der Waals surface area contributed by atoms with Gasteiger partial charge >= 0.3 is 0 Å². The molecule has 0 spiro atoms. The Morgan fingerprint density at radius 2 is 2.09 bits per heavy atom. The first-order valence-corrected chi connectivity index (χ1v) is 4.96. The molecule has 0 aromatic rings. The Bertz CT molecular complexity index is 166. The van der Waals surface area contributed by atoms with Gasteiger partial charge in [0.1, 0.15) is 0 Å². The van der Waals surface area contributed by atoms with Crippen LogP contribution in [0.15, 0.2) is 4.99 Å². The lowest BCUT2D eigenvalue weighted by Crippen LogP contribution is -2.32. The van der Waals surface area contributed by atoms with E-state index in [1.54, 1.807) is 5.71 Å². The van der Waals surface area contributed by atoms with Crippen LogP contribution in [0.3, 0.4) is 0 Å². The molecular formula is C10H17N. The lowest BCUT2D eigenvalue weighted by atomic mass is 9.84. The molecule has 0 aromatic heterocycles. The van der Waals surface area contributed by atoms with Gasteiger partial charge in [-0.1, -0.05) is 19.8 Å². The van der Waals surface area contributed by atoms with Gasteiger partial charge in [-0.3, -0.25) is 4.99 Å². The molecule has 11 heavy (non-hydrogen) atoms. The fourth-order valence-electron chi connectivity index (χ4n) is 2.35. The molecule has 1 aliphatic carbocycles. The van der Waals surface area contributed by atoms with Crippen LogP contribution in [0.2, 0.25) is 0 Å². The Kier molecular flexibility index (Phi) is 1.97. The van der Waals surface area contributed by atoms with E-state index in [-0.39, 0.29) is 0 Å². The van der Waals surface area contributed by atoms with Gasteiger partial charge in [-0.25, -0.2) is 0 Å². The van der Waals surface area contributed by atoms with Gasteiger partial charge in [0, 0.05) is 18.2 Å². The molecule has 1 heteroatoms. The van der Waals surface area contributed by atoms with E-state index in [2.05, 4.69) is 11.9 Å². The van der Waals surface area contributed by atoms with Crippen LogP contribution in [0.1, 0.15) is 39.0 Å². The largest absolute Gasteiger partial charge is 0.293 e. The van der Waals surface area contributed by atoms with Crippen LogP contribution in [0, 0.1) is 11.8 Å². The maximum atomic E-state index is 4.52. The summed E-state index contributed by atoms with van der Waals surface area (Å²) in [5.41, 5.74) is 1.57. The highest BCUT2D eigenvalue weighted by Gasteiger charge is 2.30. The van der Waals surface area contributed by atoms with Crippen molar-refractivity contribution in [2.45, 2.75) is 39.0 Å². The molecule has 0 amide bonds. The summed E-state index contributed by atoms with van der Waals surface area (Å²) in [5, 5.41) is 0. The van der Waals surface area contributed by atoms with Crippen LogP contribution >= 0.6 is 0 Å². The van der Waals surface area contributed by atoms with Crippen LogP contribution in [0.25, 0.3) is 0 Å². The summed E-state index contributed by atoms with van der Waals surface area (Å²) in [6, 6.07) is 0. The van der Waals surface area contributed by atoms with Crippen molar-refractivity contribution >= 4 is 5.71 Å². The zero-order chi connectivity index (χ0) is 7.68. The molecule has 1 heterocycles. The summed E-state index contributed by atoms with van der Waals surface area (Å²) in [6.45, 7) is 3.41. The van der Waals surface area contributed by atoms with Crippen LogP contribution in [-0.4, -0.2) is 12.3 Å². The Morgan fingerprint density at radius 3 is 2.55 bits per heavy atom. The number of hydrogen-bond donors (Lipinski definition) is 0. The summed E-state index contributed by atoms with van der Waals surface area (Å²) < 4.78 is 0. The zero-order valence-electron chi connectivity index (χ0n) is 7.34. The van der Waals surface area contributed by atoms with Crippen LogP contribution in [-0.2, 0) is 0 Å². The first kappa shape index (κ1) is 7.33. The van der Waals surface area contributed by atoms with Crippen molar-refractivity contribution in [2.24, 2.45) is 16.8 Å². The minimum atomic E-state index is 0.873.